The molecular formula is C22H25N3O4. The van der Waals surface area contributed by atoms with Crippen molar-refractivity contribution in [1.29, 1.82) is 0 Å². The van der Waals surface area contributed by atoms with Crippen LogP contribution in [-0.2, 0) is 4.79 Å². The molecule has 0 aliphatic carbocycles. The lowest BCUT2D eigenvalue weighted by Crippen LogP contribution is -2.38. The van der Waals surface area contributed by atoms with Gasteiger partial charge in [0.1, 0.15) is 11.5 Å². The normalized spacial score (nSPS) is 13.9. The molecule has 0 atom stereocenters. The smallest absolute Gasteiger partial charge is 0.271 e. The van der Waals surface area contributed by atoms with Crippen LogP contribution < -0.4 is 14.9 Å². The lowest BCUT2D eigenvalue weighted by molar-refractivity contribution is -0.134. The molecule has 29 heavy (non-hydrogen) atoms. The number of methoxy groups -OCH3 is 1. The second-order valence-electron chi connectivity index (χ2n) is 6.73. The Labute approximate surface area is 170 Å². The van der Waals surface area contributed by atoms with E-state index in [2.05, 4.69) is 10.5 Å². The first-order valence-corrected chi connectivity index (χ1v) is 9.64. The predicted octanol–water partition coefficient (Wildman–Crippen LogP) is 2.85. The van der Waals surface area contributed by atoms with Gasteiger partial charge in [-0.1, -0.05) is 0 Å². The van der Waals surface area contributed by atoms with E-state index in [0.29, 0.717) is 17.1 Å². The van der Waals surface area contributed by atoms with E-state index >= 15 is 0 Å². The quantitative estimate of drug-likeness (QED) is 0.577. The number of likely N-dealkylation sites (tertiary alicyclic amines) is 1. The van der Waals surface area contributed by atoms with Gasteiger partial charge in [0.05, 0.1) is 13.3 Å². The highest BCUT2D eigenvalue weighted by molar-refractivity contribution is 5.95. The number of ether oxygens (including phenoxy) is 2. The van der Waals surface area contributed by atoms with Gasteiger partial charge in [-0.05, 0) is 73.4 Å². The van der Waals surface area contributed by atoms with Crippen LogP contribution in [0, 0.1) is 0 Å². The monoisotopic (exact) mass is 395 g/mol. The van der Waals surface area contributed by atoms with Crippen LogP contribution >= 0.6 is 0 Å². The molecule has 0 saturated carbocycles. The summed E-state index contributed by atoms with van der Waals surface area (Å²) in [6, 6.07) is 13.9. The van der Waals surface area contributed by atoms with Gasteiger partial charge in [-0.15, -0.1) is 0 Å². The number of carbonyl (C=O) groups is 2. The van der Waals surface area contributed by atoms with E-state index in [1.165, 1.54) is 6.42 Å². The average Bonchev–Trinajstić information content (AvgIpc) is 2.79. The van der Waals surface area contributed by atoms with Crippen LogP contribution in [0.2, 0.25) is 0 Å². The second kappa shape index (κ2) is 10.3. The fourth-order valence-electron chi connectivity index (χ4n) is 3.00. The molecule has 0 spiro atoms. The first-order chi connectivity index (χ1) is 14.2. The van der Waals surface area contributed by atoms with Gasteiger partial charge < -0.3 is 14.4 Å². The van der Waals surface area contributed by atoms with Crippen molar-refractivity contribution in [2.45, 2.75) is 19.3 Å². The number of rotatable bonds is 7. The van der Waals surface area contributed by atoms with Crippen molar-refractivity contribution in [3.8, 4) is 11.5 Å². The number of nitrogens with one attached hydrogen (secondary N) is 1. The largest absolute Gasteiger partial charge is 0.497 e. The number of amides is 2. The molecule has 0 unspecified atom stereocenters. The highest BCUT2D eigenvalue weighted by Crippen LogP contribution is 2.13. The standard InChI is InChI=1S/C22H25N3O4/c1-28-19-11-7-18(8-12-19)22(27)24-23-15-17-5-9-20(10-6-17)29-16-21(26)25-13-3-2-4-14-25/h5-12,15H,2-4,13-14,16H2,1H3,(H,24,27)/b23-15-. The summed E-state index contributed by atoms with van der Waals surface area (Å²) < 4.78 is 10.6. The van der Waals surface area contributed by atoms with Crippen LogP contribution in [0.3, 0.4) is 0 Å². The molecule has 1 fully saturated rings. The number of hydrazone groups is 1. The van der Waals surface area contributed by atoms with Crippen molar-refractivity contribution in [1.82, 2.24) is 10.3 Å². The molecule has 152 valence electrons. The van der Waals surface area contributed by atoms with Gasteiger partial charge in [-0.2, -0.15) is 5.10 Å². The van der Waals surface area contributed by atoms with Crippen LogP contribution in [-0.4, -0.2) is 49.7 Å². The van der Waals surface area contributed by atoms with Crippen molar-refractivity contribution in [3.05, 3.63) is 59.7 Å². The molecule has 1 aliphatic rings. The van der Waals surface area contributed by atoms with E-state index in [1.807, 2.05) is 17.0 Å². The van der Waals surface area contributed by atoms with E-state index in [0.717, 1.165) is 31.5 Å². The van der Waals surface area contributed by atoms with Gasteiger partial charge in [0, 0.05) is 18.7 Å². The van der Waals surface area contributed by atoms with Gasteiger partial charge >= 0.3 is 0 Å². The van der Waals surface area contributed by atoms with Crippen molar-refractivity contribution < 1.29 is 19.1 Å². The zero-order valence-electron chi connectivity index (χ0n) is 16.5. The number of piperidine rings is 1. The summed E-state index contributed by atoms with van der Waals surface area (Å²) in [5.41, 5.74) is 3.78. The Kier molecular flexibility index (Phi) is 7.22. The fraction of sp³-hybridized carbons (Fsp3) is 0.318. The van der Waals surface area contributed by atoms with E-state index in [-0.39, 0.29) is 18.4 Å². The van der Waals surface area contributed by atoms with Gasteiger partial charge in [-0.3, -0.25) is 9.59 Å². The maximum absolute atomic E-state index is 12.1. The summed E-state index contributed by atoms with van der Waals surface area (Å²) in [6.45, 7) is 1.69. The molecule has 7 heteroatoms. The van der Waals surface area contributed by atoms with Crippen molar-refractivity contribution in [2.24, 2.45) is 5.10 Å². The molecule has 2 amide bonds. The molecule has 1 saturated heterocycles. The molecule has 7 nitrogen and oxygen atoms in total. The highest BCUT2D eigenvalue weighted by Gasteiger charge is 2.16. The molecule has 2 aromatic carbocycles. The molecule has 1 heterocycles. The van der Waals surface area contributed by atoms with Crippen LogP contribution in [0.4, 0.5) is 0 Å². The minimum absolute atomic E-state index is 0.0246. The summed E-state index contributed by atoms with van der Waals surface area (Å²) in [6.07, 6.45) is 4.86. The number of carbonyl (C=O) groups excluding carboxylic acids is 2. The molecule has 3 rings (SSSR count). The lowest BCUT2D eigenvalue weighted by atomic mass is 10.1. The van der Waals surface area contributed by atoms with Crippen LogP contribution in [0.15, 0.2) is 53.6 Å². The SMILES string of the molecule is COc1ccc(C(=O)N/N=C\c2ccc(OCC(=O)N3CCCCC3)cc2)cc1. The van der Waals surface area contributed by atoms with E-state index in [4.69, 9.17) is 9.47 Å². The van der Waals surface area contributed by atoms with Crippen molar-refractivity contribution >= 4 is 18.0 Å². The summed E-state index contributed by atoms with van der Waals surface area (Å²) in [7, 11) is 1.57. The Balaban J connectivity index is 1.45. The minimum atomic E-state index is -0.305. The van der Waals surface area contributed by atoms with Crippen molar-refractivity contribution in [2.75, 3.05) is 26.8 Å². The summed E-state index contributed by atoms with van der Waals surface area (Å²) in [5.74, 6) is 1.02. The van der Waals surface area contributed by atoms with Gasteiger partial charge in [0.15, 0.2) is 6.61 Å². The minimum Gasteiger partial charge on any atom is -0.497 e. The van der Waals surface area contributed by atoms with E-state index in [9.17, 15) is 9.59 Å². The van der Waals surface area contributed by atoms with Crippen molar-refractivity contribution in [3.63, 3.8) is 0 Å². The second-order valence-corrected chi connectivity index (χ2v) is 6.73. The van der Waals surface area contributed by atoms with Crippen LogP contribution in [0.5, 0.6) is 11.5 Å². The van der Waals surface area contributed by atoms with Gasteiger partial charge in [0.2, 0.25) is 0 Å². The van der Waals surface area contributed by atoms with Gasteiger partial charge in [0.25, 0.3) is 11.8 Å². The maximum atomic E-state index is 12.1. The van der Waals surface area contributed by atoms with Crippen LogP contribution in [0.25, 0.3) is 0 Å². The van der Waals surface area contributed by atoms with E-state index in [1.54, 1.807) is 49.7 Å². The zero-order valence-corrected chi connectivity index (χ0v) is 16.5. The number of hydrogen-bond donors (Lipinski definition) is 1. The third-order valence-corrected chi connectivity index (χ3v) is 4.68. The zero-order chi connectivity index (χ0) is 20.5. The Morgan fingerprint density at radius 2 is 1.66 bits per heavy atom. The number of nitrogens with zero attached hydrogens (tertiary/aromatic N) is 2. The van der Waals surface area contributed by atoms with E-state index < -0.39 is 0 Å². The van der Waals surface area contributed by atoms with Crippen LogP contribution in [0.1, 0.15) is 35.2 Å². The first kappa shape index (κ1) is 20.4. The summed E-state index contributed by atoms with van der Waals surface area (Å²) in [5, 5.41) is 3.97. The Bertz CT molecular complexity index is 841. The Hall–Kier alpha value is -3.35. The summed E-state index contributed by atoms with van der Waals surface area (Å²) in [4.78, 5) is 26.0. The Morgan fingerprint density at radius 1 is 1.00 bits per heavy atom. The average molecular weight is 395 g/mol. The maximum Gasteiger partial charge on any atom is 0.271 e. The molecule has 2 aromatic rings. The molecular weight excluding hydrogens is 370 g/mol. The Morgan fingerprint density at radius 3 is 2.31 bits per heavy atom. The molecule has 0 radical (unpaired) electrons. The first-order valence-electron chi connectivity index (χ1n) is 9.64. The third-order valence-electron chi connectivity index (χ3n) is 4.68. The molecule has 1 N–H and O–H groups in total. The molecule has 1 aliphatic heterocycles. The third kappa shape index (κ3) is 6.07. The van der Waals surface area contributed by atoms with Gasteiger partial charge in [-0.25, -0.2) is 5.43 Å². The fourth-order valence-corrected chi connectivity index (χ4v) is 3.00. The number of benzene rings is 2. The summed E-state index contributed by atoms with van der Waals surface area (Å²) >= 11 is 0. The number of hydrogen-bond acceptors (Lipinski definition) is 5. The highest BCUT2D eigenvalue weighted by atomic mass is 16.5. The molecule has 0 aromatic heterocycles. The predicted molar refractivity (Wildman–Crippen MR) is 110 cm³/mol. The topological polar surface area (TPSA) is 80.2 Å². The molecule has 0 bridgehead atoms. The lowest BCUT2D eigenvalue weighted by Gasteiger charge is -2.26.